The summed E-state index contributed by atoms with van der Waals surface area (Å²) in [6, 6.07) is 6.08. The smallest absolute Gasteiger partial charge is 0.143 e. The van der Waals surface area contributed by atoms with Crippen LogP contribution in [0.4, 0.5) is 5.69 Å². The molecule has 1 aliphatic rings. The number of hydrogen-bond donors (Lipinski definition) is 2. The van der Waals surface area contributed by atoms with E-state index in [0.717, 1.165) is 34.8 Å². The number of aromatic amines is 1. The quantitative estimate of drug-likeness (QED) is 0.808. The zero-order valence-electron chi connectivity index (χ0n) is 9.08. The minimum Gasteiger partial charge on any atom is -0.492 e. The van der Waals surface area contributed by atoms with Crippen LogP contribution in [0.1, 0.15) is 12.6 Å². The summed E-state index contributed by atoms with van der Waals surface area (Å²) in [5.74, 6) is 0.909. The Kier molecular flexibility index (Phi) is 2.06. The monoisotopic (exact) mass is 215 g/mol. The maximum Gasteiger partial charge on any atom is 0.143 e. The molecule has 4 nitrogen and oxygen atoms in total. The van der Waals surface area contributed by atoms with E-state index in [4.69, 9.17) is 4.74 Å². The highest BCUT2D eigenvalue weighted by atomic mass is 16.5. The third-order valence-electron chi connectivity index (χ3n) is 2.78. The lowest BCUT2D eigenvalue weighted by Gasteiger charge is -2.20. The number of benzene rings is 1. The lowest BCUT2D eigenvalue weighted by molar-refractivity contribution is 0.342. The summed E-state index contributed by atoms with van der Waals surface area (Å²) in [7, 11) is 0. The molecule has 2 heterocycles. The van der Waals surface area contributed by atoms with Crippen molar-refractivity contribution in [2.75, 3.05) is 11.9 Å². The van der Waals surface area contributed by atoms with E-state index in [1.165, 1.54) is 0 Å². The van der Waals surface area contributed by atoms with Crippen molar-refractivity contribution in [3.8, 4) is 16.9 Å². The van der Waals surface area contributed by atoms with Crippen LogP contribution in [0.25, 0.3) is 11.1 Å². The van der Waals surface area contributed by atoms with Crippen LogP contribution in [0.2, 0.25) is 0 Å². The molecule has 0 atom stereocenters. The standard InChI is InChI=1S/C12H13N3O/c1-2-16-11-5-3-4-8-9-6-14-15-10(9)7-13-12(8)11/h3-6,13H,2,7H2,1H3,(H,14,15). The van der Waals surface area contributed by atoms with Gasteiger partial charge in [0.05, 0.1) is 30.7 Å². The van der Waals surface area contributed by atoms with Crippen molar-refractivity contribution in [2.24, 2.45) is 0 Å². The zero-order chi connectivity index (χ0) is 11.0. The third kappa shape index (κ3) is 1.26. The number of para-hydroxylation sites is 1. The van der Waals surface area contributed by atoms with Gasteiger partial charge in [0.25, 0.3) is 0 Å². The van der Waals surface area contributed by atoms with Crippen LogP contribution in [0.5, 0.6) is 5.75 Å². The first kappa shape index (κ1) is 9.27. The van der Waals surface area contributed by atoms with Gasteiger partial charge >= 0.3 is 0 Å². The summed E-state index contributed by atoms with van der Waals surface area (Å²) in [5.41, 5.74) is 4.51. The van der Waals surface area contributed by atoms with Gasteiger partial charge in [-0.15, -0.1) is 0 Å². The highest BCUT2D eigenvalue weighted by Gasteiger charge is 2.19. The Morgan fingerprint density at radius 3 is 3.19 bits per heavy atom. The molecular formula is C12H13N3O. The Labute approximate surface area is 93.6 Å². The predicted molar refractivity (Wildman–Crippen MR) is 62.5 cm³/mol. The number of rotatable bonds is 2. The van der Waals surface area contributed by atoms with Gasteiger partial charge in [0.15, 0.2) is 0 Å². The second-order valence-electron chi connectivity index (χ2n) is 3.73. The molecule has 0 radical (unpaired) electrons. The number of H-pyrrole nitrogens is 1. The Morgan fingerprint density at radius 2 is 2.31 bits per heavy atom. The molecule has 4 heteroatoms. The molecule has 0 amide bonds. The fraction of sp³-hybridized carbons (Fsp3) is 0.250. The van der Waals surface area contributed by atoms with Gasteiger partial charge in [0.1, 0.15) is 5.75 Å². The van der Waals surface area contributed by atoms with Crippen LogP contribution in [0.15, 0.2) is 24.4 Å². The number of aromatic nitrogens is 2. The van der Waals surface area contributed by atoms with E-state index in [-0.39, 0.29) is 0 Å². The number of fused-ring (bicyclic) bond motifs is 3. The van der Waals surface area contributed by atoms with Crippen molar-refractivity contribution >= 4 is 5.69 Å². The highest BCUT2D eigenvalue weighted by molar-refractivity contribution is 5.85. The first-order valence-corrected chi connectivity index (χ1v) is 5.42. The molecule has 3 rings (SSSR count). The van der Waals surface area contributed by atoms with Crippen molar-refractivity contribution in [2.45, 2.75) is 13.5 Å². The third-order valence-corrected chi connectivity index (χ3v) is 2.78. The van der Waals surface area contributed by atoms with Crippen molar-refractivity contribution < 1.29 is 4.74 Å². The van der Waals surface area contributed by atoms with Gasteiger partial charge in [-0.2, -0.15) is 5.10 Å². The first-order valence-electron chi connectivity index (χ1n) is 5.42. The molecule has 0 aliphatic carbocycles. The Bertz CT molecular complexity index is 519. The molecule has 1 aliphatic heterocycles. The van der Waals surface area contributed by atoms with E-state index in [0.29, 0.717) is 6.61 Å². The number of nitrogens with one attached hydrogen (secondary N) is 2. The van der Waals surface area contributed by atoms with Crippen LogP contribution >= 0.6 is 0 Å². The van der Waals surface area contributed by atoms with E-state index in [2.05, 4.69) is 21.6 Å². The minimum absolute atomic E-state index is 0.677. The predicted octanol–water partition coefficient (Wildman–Crippen LogP) is 2.40. The van der Waals surface area contributed by atoms with Gasteiger partial charge < -0.3 is 10.1 Å². The van der Waals surface area contributed by atoms with E-state index in [1.54, 1.807) is 0 Å². The fourth-order valence-electron chi connectivity index (χ4n) is 2.07. The van der Waals surface area contributed by atoms with Crippen LogP contribution in [-0.4, -0.2) is 16.8 Å². The van der Waals surface area contributed by atoms with Gasteiger partial charge in [0, 0.05) is 11.1 Å². The van der Waals surface area contributed by atoms with Crippen LogP contribution in [0, 0.1) is 0 Å². The molecule has 0 fully saturated rings. The van der Waals surface area contributed by atoms with Crippen LogP contribution < -0.4 is 10.1 Å². The molecule has 16 heavy (non-hydrogen) atoms. The van der Waals surface area contributed by atoms with Gasteiger partial charge in [-0.3, -0.25) is 5.10 Å². The molecule has 2 N–H and O–H groups in total. The molecule has 2 aromatic rings. The molecule has 82 valence electrons. The minimum atomic E-state index is 0.677. The summed E-state index contributed by atoms with van der Waals surface area (Å²) in [5, 5.41) is 10.4. The molecule has 0 unspecified atom stereocenters. The second kappa shape index (κ2) is 3.56. The Morgan fingerprint density at radius 1 is 1.38 bits per heavy atom. The zero-order valence-corrected chi connectivity index (χ0v) is 9.08. The lowest BCUT2D eigenvalue weighted by Crippen LogP contribution is -2.09. The maximum absolute atomic E-state index is 5.60. The largest absolute Gasteiger partial charge is 0.492 e. The molecule has 0 bridgehead atoms. The van der Waals surface area contributed by atoms with Crippen LogP contribution in [-0.2, 0) is 6.54 Å². The Balaban J connectivity index is 2.16. The summed E-state index contributed by atoms with van der Waals surface area (Å²) < 4.78 is 5.60. The second-order valence-corrected chi connectivity index (χ2v) is 3.73. The van der Waals surface area contributed by atoms with Gasteiger partial charge in [0.2, 0.25) is 0 Å². The molecule has 0 saturated carbocycles. The number of hydrogen-bond acceptors (Lipinski definition) is 3. The Hall–Kier alpha value is -1.97. The normalized spacial score (nSPS) is 12.6. The van der Waals surface area contributed by atoms with E-state index in [1.807, 2.05) is 25.3 Å². The average molecular weight is 215 g/mol. The first-order chi connectivity index (χ1) is 7.90. The van der Waals surface area contributed by atoms with Crippen molar-refractivity contribution in [3.63, 3.8) is 0 Å². The number of ether oxygens (including phenoxy) is 1. The van der Waals surface area contributed by atoms with Crippen LogP contribution in [0.3, 0.4) is 0 Å². The summed E-state index contributed by atoms with van der Waals surface area (Å²) in [6.07, 6.45) is 1.87. The maximum atomic E-state index is 5.60. The molecule has 0 spiro atoms. The van der Waals surface area contributed by atoms with Gasteiger partial charge in [-0.1, -0.05) is 12.1 Å². The molecule has 1 aromatic heterocycles. The fourth-order valence-corrected chi connectivity index (χ4v) is 2.07. The van der Waals surface area contributed by atoms with Gasteiger partial charge in [-0.05, 0) is 13.0 Å². The summed E-state index contributed by atoms with van der Waals surface area (Å²) >= 11 is 0. The lowest BCUT2D eigenvalue weighted by atomic mass is 10.0. The van der Waals surface area contributed by atoms with Crippen molar-refractivity contribution in [3.05, 3.63) is 30.1 Å². The summed E-state index contributed by atoms with van der Waals surface area (Å²) in [6.45, 7) is 3.44. The molecular weight excluding hydrogens is 202 g/mol. The molecule has 1 aromatic carbocycles. The average Bonchev–Trinajstić information content (AvgIpc) is 2.78. The van der Waals surface area contributed by atoms with Crippen molar-refractivity contribution in [1.82, 2.24) is 10.2 Å². The van der Waals surface area contributed by atoms with E-state index < -0.39 is 0 Å². The SMILES string of the molecule is CCOc1cccc2c1NCc1[nH]ncc1-2. The van der Waals surface area contributed by atoms with Crippen molar-refractivity contribution in [1.29, 1.82) is 0 Å². The van der Waals surface area contributed by atoms with E-state index in [9.17, 15) is 0 Å². The van der Waals surface area contributed by atoms with E-state index >= 15 is 0 Å². The van der Waals surface area contributed by atoms with Gasteiger partial charge in [-0.25, -0.2) is 0 Å². The number of anilines is 1. The highest BCUT2D eigenvalue weighted by Crippen LogP contribution is 2.40. The topological polar surface area (TPSA) is 49.9 Å². The number of nitrogens with zero attached hydrogens (tertiary/aromatic N) is 1. The summed E-state index contributed by atoms with van der Waals surface area (Å²) in [4.78, 5) is 0. The molecule has 0 saturated heterocycles.